The van der Waals surface area contributed by atoms with Gasteiger partial charge in [0, 0.05) is 16.7 Å². The molecule has 142 valence electrons. The highest BCUT2D eigenvalue weighted by Crippen LogP contribution is 2.30. The molecule has 29 heavy (non-hydrogen) atoms. The summed E-state index contributed by atoms with van der Waals surface area (Å²) >= 11 is 5.86. The summed E-state index contributed by atoms with van der Waals surface area (Å²) in [7, 11) is 0. The van der Waals surface area contributed by atoms with Gasteiger partial charge in [0.15, 0.2) is 5.76 Å². The van der Waals surface area contributed by atoms with E-state index >= 15 is 0 Å². The van der Waals surface area contributed by atoms with E-state index in [2.05, 4.69) is 0 Å². The highest BCUT2D eigenvalue weighted by Gasteiger charge is 2.19. The van der Waals surface area contributed by atoms with Gasteiger partial charge in [0.25, 0.3) is 0 Å². The number of benzene rings is 3. The lowest BCUT2D eigenvalue weighted by atomic mass is 10.1. The molecule has 0 saturated heterocycles. The molecular weight excluding hydrogens is 388 g/mol. The van der Waals surface area contributed by atoms with Crippen LogP contribution in [0.25, 0.3) is 28.4 Å². The number of hydrogen-bond donors (Lipinski definition) is 0. The van der Waals surface area contributed by atoms with Gasteiger partial charge in [-0.25, -0.2) is 4.79 Å². The number of carbonyl (C=O) groups excluding carboxylic acids is 1. The van der Waals surface area contributed by atoms with Gasteiger partial charge in [-0.05, 0) is 35.9 Å². The topological polar surface area (TPSA) is 56.5 Å². The molecule has 0 spiro atoms. The third-order valence-corrected chi connectivity index (χ3v) is 4.53. The molecule has 0 saturated carbocycles. The molecule has 0 fully saturated rings. The minimum absolute atomic E-state index is 0.138. The zero-order valence-corrected chi connectivity index (χ0v) is 15.9. The van der Waals surface area contributed by atoms with E-state index in [1.54, 1.807) is 66.7 Å². The van der Waals surface area contributed by atoms with E-state index in [4.69, 9.17) is 20.8 Å². The molecule has 4 nitrogen and oxygen atoms in total. The Morgan fingerprint density at radius 1 is 0.897 bits per heavy atom. The molecule has 0 aliphatic rings. The molecule has 0 bridgehead atoms. The van der Waals surface area contributed by atoms with Crippen molar-refractivity contribution in [3.05, 3.63) is 106 Å². The number of halogens is 1. The van der Waals surface area contributed by atoms with E-state index in [-0.39, 0.29) is 11.5 Å². The van der Waals surface area contributed by atoms with Crippen molar-refractivity contribution in [2.24, 2.45) is 0 Å². The van der Waals surface area contributed by atoms with Gasteiger partial charge in [0.05, 0.1) is 5.39 Å². The highest BCUT2D eigenvalue weighted by molar-refractivity contribution is 6.30. The van der Waals surface area contributed by atoms with Crippen molar-refractivity contribution in [3.8, 4) is 17.1 Å². The molecule has 0 unspecified atom stereocenters. The highest BCUT2D eigenvalue weighted by atomic mass is 35.5. The summed E-state index contributed by atoms with van der Waals surface area (Å²) in [6.07, 6.45) is 2.84. The monoisotopic (exact) mass is 402 g/mol. The van der Waals surface area contributed by atoms with Gasteiger partial charge < -0.3 is 9.15 Å². The fraction of sp³-hybridized carbons (Fsp3) is 0. The fourth-order valence-corrected chi connectivity index (χ4v) is 3.00. The lowest BCUT2D eigenvalue weighted by Crippen LogP contribution is -2.14. The molecule has 0 aliphatic carbocycles. The second kappa shape index (κ2) is 8.17. The second-order valence-electron chi connectivity index (χ2n) is 6.26. The van der Waals surface area contributed by atoms with Gasteiger partial charge in [0.1, 0.15) is 5.58 Å². The molecule has 0 amide bonds. The van der Waals surface area contributed by atoms with Gasteiger partial charge in [0.2, 0.25) is 11.2 Å². The number of rotatable bonds is 4. The molecule has 1 aromatic heterocycles. The van der Waals surface area contributed by atoms with Crippen molar-refractivity contribution in [2.75, 3.05) is 0 Å². The van der Waals surface area contributed by atoms with E-state index < -0.39 is 11.4 Å². The molecule has 4 aromatic rings. The molecule has 0 atom stereocenters. The van der Waals surface area contributed by atoms with Crippen LogP contribution < -0.4 is 10.2 Å². The molecule has 1 heterocycles. The number of carbonyl (C=O) groups is 1. The number of hydrogen-bond acceptors (Lipinski definition) is 4. The summed E-state index contributed by atoms with van der Waals surface area (Å²) in [4.78, 5) is 25.4. The summed E-state index contributed by atoms with van der Waals surface area (Å²) < 4.78 is 11.3. The van der Waals surface area contributed by atoms with E-state index in [1.807, 2.05) is 18.2 Å². The average Bonchev–Trinajstić information content (AvgIpc) is 2.76. The number of ether oxygens (including phenoxy) is 1. The zero-order valence-electron chi connectivity index (χ0n) is 15.2. The molecule has 3 aromatic carbocycles. The first kappa shape index (κ1) is 18.7. The summed E-state index contributed by atoms with van der Waals surface area (Å²) in [6.45, 7) is 0. The smallest absolute Gasteiger partial charge is 0.336 e. The number of para-hydroxylation sites is 1. The first-order valence-electron chi connectivity index (χ1n) is 8.88. The Balaban J connectivity index is 1.73. The van der Waals surface area contributed by atoms with Crippen molar-refractivity contribution in [1.29, 1.82) is 0 Å². The average molecular weight is 403 g/mol. The van der Waals surface area contributed by atoms with Gasteiger partial charge >= 0.3 is 5.97 Å². The summed E-state index contributed by atoms with van der Waals surface area (Å²) in [5.41, 5.74) is 1.44. The van der Waals surface area contributed by atoms with Crippen molar-refractivity contribution >= 4 is 34.6 Å². The fourth-order valence-electron chi connectivity index (χ4n) is 2.87. The maximum atomic E-state index is 13.0. The van der Waals surface area contributed by atoms with Crippen molar-refractivity contribution in [3.63, 3.8) is 0 Å². The summed E-state index contributed by atoms with van der Waals surface area (Å²) in [6, 6.07) is 22.9. The third kappa shape index (κ3) is 4.13. The SMILES string of the molecule is O=C(/C=C/c1ccc(Cl)cc1)Oc1c(-c2ccccc2)oc2ccccc2c1=O. The molecule has 0 aliphatic heterocycles. The van der Waals surface area contributed by atoms with Gasteiger partial charge in [-0.3, -0.25) is 4.79 Å². The van der Waals surface area contributed by atoms with E-state index in [1.165, 1.54) is 6.08 Å². The molecule has 0 N–H and O–H groups in total. The Bertz CT molecular complexity index is 1260. The summed E-state index contributed by atoms with van der Waals surface area (Å²) in [5.74, 6) is -0.608. The molecule has 0 radical (unpaired) electrons. The molecule has 5 heteroatoms. The van der Waals surface area contributed by atoms with E-state index in [0.29, 0.717) is 21.6 Å². The van der Waals surface area contributed by atoms with Crippen LogP contribution in [0.3, 0.4) is 0 Å². The van der Waals surface area contributed by atoms with Gasteiger partial charge in [-0.15, -0.1) is 0 Å². The van der Waals surface area contributed by atoms with Crippen molar-refractivity contribution in [2.45, 2.75) is 0 Å². The molecule has 4 rings (SSSR count). The van der Waals surface area contributed by atoms with Crippen LogP contribution >= 0.6 is 11.6 Å². The van der Waals surface area contributed by atoms with Crippen LogP contribution in [0.1, 0.15) is 5.56 Å². The van der Waals surface area contributed by atoms with Crippen molar-refractivity contribution in [1.82, 2.24) is 0 Å². The van der Waals surface area contributed by atoms with Crippen LogP contribution in [0.4, 0.5) is 0 Å². The first-order valence-corrected chi connectivity index (χ1v) is 9.26. The minimum atomic E-state index is -0.681. The largest absolute Gasteiger partial charge is 0.452 e. The summed E-state index contributed by atoms with van der Waals surface area (Å²) in [5, 5.41) is 0.947. The third-order valence-electron chi connectivity index (χ3n) is 4.28. The minimum Gasteiger partial charge on any atom is -0.452 e. The number of esters is 1. The van der Waals surface area contributed by atoms with Crippen LogP contribution in [-0.2, 0) is 4.79 Å². The van der Waals surface area contributed by atoms with Gasteiger partial charge in [-0.1, -0.05) is 66.2 Å². The Morgan fingerprint density at radius 2 is 1.59 bits per heavy atom. The van der Waals surface area contributed by atoms with Crippen LogP contribution in [-0.4, -0.2) is 5.97 Å². The second-order valence-corrected chi connectivity index (χ2v) is 6.69. The zero-order chi connectivity index (χ0) is 20.2. The Labute approximate surface area is 171 Å². The Kier molecular flexibility index (Phi) is 5.27. The standard InChI is InChI=1S/C24H15ClO4/c25-18-13-10-16(11-14-18)12-15-21(26)29-24-22(27)19-8-4-5-9-20(19)28-23(24)17-6-2-1-3-7-17/h1-15H/b15-12+. The van der Waals surface area contributed by atoms with Crippen LogP contribution in [0.5, 0.6) is 5.75 Å². The van der Waals surface area contributed by atoms with E-state index in [9.17, 15) is 9.59 Å². The lowest BCUT2D eigenvalue weighted by molar-refractivity contribution is -0.129. The van der Waals surface area contributed by atoms with E-state index in [0.717, 1.165) is 5.56 Å². The maximum absolute atomic E-state index is 13.0. The molecular formula is C24H15ClO4. The number of fused-ring (bicyclic) bond motifs is 1. The Morgan fingerprint density at radius 3 is 2.34 bits per heavy atom. The van der Waals surface area contributed by atoms with Crippen LogP contribution in [0.2, 0.25) is 5.02 Å². The van der Waals surface area contributed by atoms with Crippen LogP contribution in [0, 0.1) is 0 Å². The Hall–Kier alpha value is -3.63. The predicted molar refractivity (Wildman–Crippen MR) is 114 cm³/mol. The lowest BCUT2D eigenvalue weighted by Gasteiger charge is -2.09. The first-order chi connectivity index (χ1) is 14.1. The predicted octanol–water partition coefficient (Wildman–Crippen LogP) is 5.73. The normalized spacial score (nSPS) is 11.1. The van der Waals surface area contributed by atoms with Crippen LogP contribution in [0.15, 0.2) is 94.2 Å². The maximum Gasteiger partial charge on any atom is 0.336 e. The van der Waals surface area contributed by atoms with Gasteiger partial charge in [-0.2, -0.15) is 0 Å². The quantitative estimate of drug-likeness (QED) is 0.323. The van der Waals surface area contributed by atoms with Crippen molar-refractivity contribution < 1.29 is 13.9 Å².